The molecular formula is C16H21FN2. The number of rotatable bonds is 2. The van der Waals surface area contributed by atoms with Gasteiger partial charge in [-0.15, -0.1) is 0 Å². The van der Waals surface area contributed by atoms with Crippen molar-refractivity contribution < 1.29 is 4.39 Å². The van der Waals surface area contributed by atoms with Gasteiger partial charge in [0.25, 0.3) is 0 Å². The molecule has 3 heteroatoms. The summed E-state index contributed by atoms with van der Waals surface area (Å²) in [4.78, 5) is 6.17. The molecule has 0 saturated carbocycles. The number of aryl methyl sites for hydroxylation is 1. The lowest BCUT2D eigenvalue weighted by molar-refractivity contribution is 0.368. The summed E-state index contributed by atoms with van der Waals surface area (Å²) < 4.78 is 14.2. The molecule has 102 valence electrons. The van der Waals surface area contributed by atoms with Crippen molar-refractivity contribution in [1.82, 2.24) is 4.90 Å². The lowest BCUT2D eigenvalue weighted by Gasteiger charge is -2.31. The smallest absolute Gasteiger partial charge is 0.132 e. The maximum Gasteiger partial charge on any atom is 0.132 e. The largest absolute Gasteiger partial charge is 0.374 e. The Kier molecular flexibility index (Phi) is 4.03. The first-order chi connectivity index (χ1) is 9.02. The van der Waals surface area contributed by atoms with E-state index in [1.54, 1.807) is 19.3 Å². The highest BCUT2D eigenvalue weighted by molar-refractivity contribution is 5.84. The van der Waals surface area contributed by atoms with Crippen LogP contribution < -0.4 is 0 Å². The maximum atomic E-state index is 14.2. The van der Waals surface area contributed by atoms with Gasteiger partial charge in [-0.2, -0.15) is 0 Å². The van der Waals surface area contributed by atoms with E-state index < -0.39 is 0 Å². The molecule has 2 rings (SSSR count). The summed E-state index contributed by atoms with van der Waals surface area (Å²) in [5.41, 5.74) is 3.56. The molecule has 0 saturated heterocycles. The second-order valence-electron chi connectivity index (χ2n) is 5.39. The standard InChI is InChI=1S/C16H21FN2/c1-11-5-6-16(19(4)10-11)14-8-13(9-18-3)12(2)7-15(14)17/h6-9,11H,5,10H2,1-4H3. The van der Waals surface area contributed by atoms with Crippen LogP contribution in [0.15, 0.2) is 23.2 Å². The van der Waals surface area contributed by atoms with Gasteiger partial charge in [0, 0.05) is 38.1 Å². The summed E-state index contributed by atoms with van der Waals surface area (Å²) in [5, 5.41) is 0. The zero-order valence-corrected chi connectivity index (χ0v) is 12.1. The van der Waals surface area contributed by atoms with E-state index in [-0.39, 0.29) is 5.82 Å². The number of aliphatic imine (C=N–C) groups is 1. The third-order valence-corrected chi connectivity index (χ3v) is 3.61. The van der Waals surface area contributed by atoms with Gasteiger partial charge in [0.1, 0.15) is 5.82 Å². The van der Waals surface area contributed by atoms with Gasteiger partial charge in [-0.25, -0.2) is 4.39 Å². The molecular weight excluding hydrogens is 239 g/mol. The predicted octanol–water partition coefficient (Wildman–Crippen LogP) is 3.50. The van der Waals surface area contributed by atoms with E-state index in [0.717, 1.165) is 29.8 Å². The first kappa shape index (κ1) is 13.8. The predicted molar refractivity (Wildman–Crippen MR) is 79.0 cm³/mol. The Hall–Kier alpha value is -1.64. The zero-order chi connectivity index (χ0) is 14.0. The van der Waals surface area contributed by atoms with Crippen molar-refractivity contribution in [2.24, 2.45) is 10.9 Å². The van der Waals surface area contributed by atoms with Crippen molar-refractivity contribution in [3.8, 4) is 0 Å². The van der Waals surface area contributed by atoms with Crippen LogP contribution in [0.5, 0.6) is 0 Å². The molecule has 1 aliphatic rings. The van der Waals surface area contributed by atoms with E-state index in [2.05, 4.69) is 22.9 Å². The fourth-order valence-corrected chi connectivity index (χ4v) is 2.59. The Morgan fingerprint density at radius 2 is 2.16 bits per heavy atom. The SMILES string of the molecule is CN=Cc1cc(C2=CCC(C)CN2C)c(F)cc1C. The minimum atomic E-state index is -0.154. The van der Waals surface area contributed by atoms with Crippen LogP contribution in [0.1, 0.15) is 30.0 Å². The van der Waals surface area contributed by atoms with Crippen LogP contribution in [0.25, 0.3) is 5.70 Å². The lowest BCUT2D eigenvalue weighted by atomic mass is 9.96. The Bertz CT molecular complexity index is 532. The van der Waals surface area contributed by atoms with E-state index in [1.165, 1.54) is 0 Å². The lowest BCUT2D eigenvalue weighted by Crippen LogP contribution is -2.27. The highest BCUT2D eigenvalue weighted by Crippen LogP contribution is 2.29. The number of nitrogens with zero attached hydrogens (tertiary/aromatic N) is 2. The summed E-state index contributed by atoms with van der Waals surface area (Å²) in [6.45, 7) is 5.09. The number of hydrogen-bond donors (Lipinski definition) is 0. The maximum absolute atomic E-state index is 14.2. The summed E-state index contributed by atoms with van der Waals surface area (Å²) in [7, 11) is 3.75. The van der Waals surface area contributed by atoms with Gasteiger partial charge in [0.2, 0.25) is 0 Å². The summed E-state index contributed by atoms with van der Waals surface area (Å²) in [6, 6.07) is 3.50. The van der Waals surface area contributed by atoms with Crippen LogP contribution in [0, 0.1) is 18.7 Å². The van der Waals surface area contributed by atoms with Crippen LogP contribution in [0.2, 0.25) is 0 Å². The van der Waals surface area contributed by atoms with Crippen LogP contribution in [-0.4, -0.2) is 31.8 Å². The topological polar surface area (TPSA) is 15.6 Å². The molecule has 2 nitrogen and oxygen atoms in total. The van der Waals surface area contributed by atoms with Crippen LogP contribution in [0.4, 0.5) is 4.39 Å². The minimum absolute atomic E-state index is 0.154. The molecule has 1 aromatic carbocycles. The molecule has 0 N–H and O–H groups in total. The van der Waals surface area contributed by atoms with Gasteiger partial charge >= 0.3 is 0 Å². The highest BCUT2D eigenvalue weighted by atomic mass is 19.1. The second kappa shape index (κ2) is 5.55. The summed E-state index contributed by atoms with van der Waals surface area (Å²) in [6.07, 6.45) is 4.92. The van der Waals surface area contributed by atoms with Crippen molar-refractivity contribution in [3.63, 3.8) is 0 Å². The zero-order valence-electron chi connectivity index (χ0n) is 12.1. The van der Waals surface area contributed by atoms with Crippen molar-refractivity contribution in [1.29, 1.82) is 0 Å². The molecule has 0 radical (unpaired) electrons. The molecule has 1 unspecified atom stereocenters. The third kappa shape index (κ3) is 2.86. The molecule has 19 heavy (non-hydrogen) atoms. The van der Waals surface area contributed by atoms with E-state index >= 15 is 0 Å². The van der Waals surface area contributed by atoms with E-state index in [0.29, 0.717) is 11.5 Å². The Morgan fingerprint density at radius 1 is 1.42 bits per heavy atom. The summed E-state index contributed by atoms with van der Waals surface area (Å²) >= 11 is 0. The van der Waals surface area contributed by atoms with Crippen molar-refractivity contribution in [2.75, 3.05) is 20.6 Å². The number of benzene rings is 1. The van der Waals surface area contributed by atoms with Gasteiger partial charge < -0.3 is 4.90 Å². The monoisotopic (exact) mass is 260 g/mol. The van der Waals surface area contributed by atoms with Gasteiger partial charge in [-0.1, -0.05) is 13.0 Å². The van der Waals surface area contributed by atoms with Gasteiger partial charge in [-0.05, 0) is 42.5 Å². The molecule has 1 aromatic rings. The molecule has 0 amide bonds. The quantitative estimate of drug-likeness (QED) is 0.743. The second-order valence-corrected chi connectivity index (χ2v) is 5.39. The van der Waals surface area contributed by atoms with Crippen LogP contribution in [-0.2, 0) is 0 Å². The van der Waals surface area contributed by atoms with Gasteiger partial charge in [-0.3, -0.25) is 4.99 Å². The fraction of sp³-hybridized carbons (Fsp3) is 0.438. The van der Waals surface area contributed by atoms with E-state index in [9.17, 15) is 4.39 Å². The third-order valence-electron chi connectivity index (χ3n) is 3.61. The van der Waals surface area contributed by atoms with Crippen LogP contribution in [0.3, 0.4) is 0 Å². The average Bonchev–Trinajstić information content (AvgIpc) is 2.34. The first-order valence-corrected chi connectivity index (χ1v) is 6.67. The molecule has 0 bridgehead atoms. The van der Waals surface area contributed by atoms with Crippen molar-refractivity contribution in [3.05, 3.63) is 40.7 Å². The number of hydrogen-bond acceptors (Lipinski definition) is 2. The molecule has 0 fully saturated rings. The Morgan fingerprint density at radius 3 is 2.79 bits per heavy atom. The minimum Gasteiger partial charge on any atom is -0.374 e. The molecule has 1 atom stereocenters. The molecule has 0 spiro atoms. The van der Waals surface area contributed by atoms with E-state index in [4.69, 9.17) is 0 Å². The van der Waals surface area contributed by atoms with Crippen LogP contribution >= 0.6 is 0 Å². The highest BCUT2D eigenvalue weighted by Gasteiger charge is 2.19. The first-order valence-electron chi connectivity index (χ1n) is 6.67. The average molecular weight is 260 g/mol. The molecule has 1 heterocycles. The summed E-state index contributed by atoms with van der Waals surface area (Å²) in [5.74, 6) is 0.470. The van der Waals surface area contributed by atoms with Gasteiger partial charge in [0.15, 0.2) is 0 Å². The van der Waals surface area contributed by atoms with Crippen molar-refractivity contribution in [2.45, 2.75) is 20.3 Å². The van der Waals surface area contributed by atoms with E-state index in [1.807, 2.05) is 20.0 Å². The van der Waals surface area contributed by atoms with Crippen molar-refractivity contribution >= 4 is 11.9 Å². The molecule has 1 aliphatic heterocycles. The van der Waals surface area contributed by atoms with Gasteiger partial charge in [0.05, 0.1) is 0 Å². The molecule has 0 aliphatic carbocycles. The fourth-order valence-electron chi connectivity index (χ4n) is 2.59. The Labute approximate surface area is 114 Å². The number of halogens is 1. The normalized spacial score (nSPS) is 19.9. The Balaban J connectivity index is 2.47. The number of allylic oxidation sites excluding steroid dienone is 1. The molecule has 0 aromatic heterocycles.